The lowest BCUT2D eigenvalue weighted by atomic mass is 9.71. The van der Waals surface area contributed by atoms with Crippen LogP contribution < -0.4 is 0 Å². The van der Waals surface area contributed by atoms with Crippen molar-refractivity contribution in [2.75, 3.05) is 39.9 Å². The summed E-state index contributed by atoms with van der Waals surface area (Å²) in [5.74, 6) is 0.534. The van der Waals surface area contributed by atoms with Crippen molar-refractivity contribution < 1.29 is 14.3 Å². The Morgan fingerprint density at radius 3 is 2.63 bits per heavy atom. The summed E-state index contributed by atoms with van der Waals surface area (Å²) in [5, 5.41) is 1.06. The topological polar surface area (TPSA) is 65.6 Å². The molecule has 1 aromatic heterocycles. The van der Waals surface area contributed by atoms with Gasteiger partial charge in [0.1, 0.15) is 5.69 Å². The summed E-state index contributed by atoms with van der Waals surface area (Å²) in [6, 6.07) is 9.88. The van der Waals surface area contributed by atoms with Crippen LogP contribution >= 0.6 is 0 Å². The molecule has 4 rings (SSSR count). The molecule has 1 spiro atoms. The molecule has 3 heterocycles. The van der Waals surface area contributed by atoms with Crippen LogP contribution in [0, 0.1) is 11.3 Å². The number of piperidine rings is 1. The third-order valence-corrected chi connectivity index (χ3v) is 6.43. The van der Waals surface area contributed by atoms with Gasteiger partial charge in [0.25, 0.3) is 5.91 Å². The van der Waals surface area contributed by atoms with Crippen LogP contribution in [0.15, 0.2) is 30.3 Å². The smallest absolute Gasteiger partial charge is 0.270 e. The second kappa shape index (κ2) is 7.00. The van der Waals surface area contributed by atoms with Gasteiger partial charge in [-0.15, -0.1) is 0 Å². The van der Waals surface area contributed by atoms with E-state index in [1.807, 2.05) is 40.1 Å². The first-order valence-electron chi connectivity index (χ1n) is 9.64. The summed E-state index contributed by atoms with van der Waals surface area (Å²) in [6.07, 6.45) is 1.83. The first kappa shape index (κ1) is 18.0. The zero-order chi connectivity index (χ0) is 19.0. The minimum Gasteiger partial charge on any atom is -0.384 e. The van der Waals surface area contributed by atoms with E-state index < -0.39 is 0 Å². The molecule has 1 atom stereocenters. The number of H-pyrrole nitrogens is 1. The Balaban J connectivity index is 1.47. The second-order valence-electron chi connectivity index (χ2n) is 7.98. The molecule has 1 unspecified atom stereocenters. The number of carbonyl (C=O) groups is 2. The molecule has 2 fully saturated rings. The lowest BCUT2D eigenvalue weighted by molar-refractivity contribution is -0.128. The number of amides is 2. The molecule has 6 nitrogen and oxygen atoms in total. The first-order valence-corrected chi connectivity index (χ1v) is 9.64. The molecule has 6 heteroatoms. The monoisotopic (exact) mass is 369 g/mol. The lowest BCUT2D eigenvalue weighted by Gasteiger charge is -2.42. The molecule has 0 saturated carbocycles. The molecule has 144 valence electrons. The van der Waals surface area contributed by atoms with Crippen LogP contribution in [-0.4, -0.2) is 66.5 Å². The molecular weight excluding hydrogens is 342 g/mol. The van der Waals surface area contributed by atoms with Crippen LogP contribution in [0.2, 0.25) is 0 Å². The second-order valence-corrected chi connectivity index (χ2v) is 7.98. The SMILES string of the molecule is COCC1CN(C(C)=O)CC12CCN(C(=O)c1cc3ccccc3[nH]1)CC2. The number of methoxy groups -OCH3 is 1. The van der Waals surface area contributed by atoms with Gasteiger partial charge < -0.3 is 19.5 Å². The summed E-state index contributed by atoms with van der Waals surface area (Å²) in [5.41, 5.74) is 1.71. The van der Waals surface area contributed by atoms with E-state index in [1.54, 1.807) is 14.0 Å². The van der Waals surface area contributed by atoms with Crippen molar-refractivity contribution >= 4 is 22.7 Å². The summed E-state index contributed by atoms with van der Waals surface area (Å²) in [7, 11) is 1.72. The van der Waals surface area contributed by atoms with Gasteiger partial charge in [-0.2, -0.15) is 0 Å². The predicted molar refractivity (Wildman–Crippen MR) is 103 cm³/mol. The van der Waals surface area contributed by atoms with E-state index in [2.05, 4.69) is 4.98 Å². The van der Waals surface area contributed by atoms with Gasteiger partial charge in [-0.05, 0) is 30.4 Å². The fourth-order valence-corrected chi connectivity index (χ4v) is 4.78. The van der Waals surface area contributed by atoms with E-state index in [0.717, 1.165) is 49.9 Å². The molecule has 2 aliphatic heterocycles. The highest BCUT2D eigenvalue weighted by molar-refractivity contribution is 5.98. The Morgan fingerprint density at radius 2 is 1.96 bits per heavy atom. The minimum atomic E-state index is 0.0609. The fraction of sp³-hybridized carbons (Fsp3) is 0.524. The number of carbonyl (C=O) groups excluding carboxylic acids is 2. The van der Waals surface area contributed by atoms with Crippen molar-refractivity contribution in [1.29, 1.82) is 0 Å². The first-order chi connectivity index (χ1) is 13.0. The van der Waals surface area contributed by atoms with E-state index >= 15 is 0 Å². The Labute approximate surface area is 159 Å². The number of nitrogens with one attached hydrogen (secondary N) is 1. The molecule has 2 saturated heterocycles. The van der Waals surface area contributed by atoms with E-state index in [0.29, 0.717) is 18.2 Å². The van der Waals surface area contributed by atoms with Crippen molar-refractivity contribution in [1.82, 2.24) is 14.8 Å². The van der Waals surface area contributed by atoms with Crippen molar-refractivity contribution in [3.05, 3.63) is 36.0 Å². The highest BCUT2D eigenvalue weighted by atomic mass is 16.5. The van der Waals surface area contributed by atoms with Gasteiger partial charge >= 0.3 is 0 Å². The standard InChI is InChI=1S/C21H27N3O3/c1-15(25)24-12-17(13-27-2)21(14-24)7-9-23(10-8-21)20(26)19-11-16-5-3-4-6-18(16)22-19/h3-6,11,17,22H,7-10,12-14H2,1-2H3. The highest BCUT2D eigenvalue weighted by Crippen LogP contribution is 2.45. The molecule has 1 aromatic carbocycles. The molecule has 0 bridgehead atoms. The molecule has 2 aromatic rings. The largest absolute Gasteiger partial charge is 0.384 e. The number of para-hydroxylation sites is 1. The Morgan fingerprint density at radius 1 is 1.22 bits per heavy atom. The number of fused-ring (bicyclic) bond motifs is 1. The molecule has 2 aliphatic rings. The number of ether oxygens (including phenoxy) is 1. The van der Waals surface area contributed by atoms with Crippen LogP contribution in [0.1, 0.15) is 30.3 Å². The number of aromatic amines is 1. The van der Waals surface area contributed by atoms with Crippen molar-refractivity contribution in [2.45, 2.75) is 19.8 Å². The number of aromatic nitrogens is 1. The van der Waals surface area contributed by atoms with E-state index in [9.17, 15) is 9.59 Å². The Hall–Kier alpha value is -2.34. The molecule has 1 N–H and O–H groups in total. The zero-order valence-electron chi connectivity index (χ0n) is 16.0. The number of likely N-dealkylation sites (tertiary alicyclic amines) is 2. The van der Waals surface area contributed by atoms with E-state index in [1.165, 1.54) is 0 Å². The third kappa shape index (κ3) is 3.23. The van der Waals surface area contributed by atoms with E-state index in [4.69, 9.17) is 4.74 Å². The lowest BCUT2D eigenvalue weighted by Crippen LogP contribution is -2.47. The fourth-order valence-electron chi connectivity index (χ4n) is 4.78. The third-order valence-electron chi connectivity index (χ3n) is 6.43. The Bertz CT molecular complexity index is 818. The predicted octanol–water partition coefficient (Wildman–Crippen LogP) is 2.51. The maximum absolute atomic E-state index is 13.0. The maximum atomic E-state index is 13.0. The Kier molecular flexibility index (Phi) is 4.68. The molecule has 2 amide bonds. The van der Waals surface area contributed by atoms with Crippen LogP contribution in [0.5, 0.6) is 0 Å². The summed E-state index contributed by atoms with van der Waals surface area (Å²) < 4.78 is 5.44. The normalized spacial score (nSPS) is 21.9. The van der Waals surface area contributed by atoms with Gasteiger partial charge in [0.05, 0.1) is 6.61 Å². The molecule has 0 radical (unpaired) electrons. The molecule has 27 heavy (non-hydrogen) atoms. The summed E-state index contributed by atoms with van der Waals surface area (Å²) in [6.45, 7) is 5.29. The average molecular weight is 369 g/mol. The van der Waals surface area contributed by atoms with Crippen molar-refractivity contribution in [2.24, 2.45) is 11.3 Å². The van der Waals surface area contributed by atoms with Gasteiger partial charge in [0.2, 0.25) is 5.91 Å². The van der Waals surface area contributed by atoms with Gasteiger partial charge in [-0.1, -0.05) is 18.2 Å². The van der Waals surface area contributed by atoms with Gasteiger partial charge in [-0.3, -0.25) is 9.59 Å². The van der Waals surface area contributed by atoms with Gasteiger partial charge in [0.15, 0.2) is 0 Å². The van der Waals surface area contributed by atoms with Gasteiger partial charge in [0, 0.05) is 57.0 Å². The quantitative estimate of drug-likeness (QED) is 0.904. The van der Waals surface area contributed by atoms with Crippen LogP contribution in [0.4, 0.5) is 0 Å². The number of rotatable bonds is 3. The summed E-state index contributed by atoms with van der Waals surface area (Å²) in [4.78, 5) is 32.0. The van der Waals surface area contributed by atoms with Crippen LogP contribution in [0.3, 0.4) is 0 Å². The molecular formula is C21H27N3O3. The van der Waals surface area contributed by atoms with E-state index in [-0.39, 0.29) is 17.2 Å². The molecule has 0 aliphatic carbocycles. The zero-order valence-corrected chi connectivity index (χ0v) is 16.0. The summed E-state index contributed by atoms with van der Waals surface area (Å²) >= 11 is 0. The van der Waals surface area contributed by atoms with Gasteiger partial charge in [-0.25, -0.2) is 0 Å². The van der Waals surface area contributed by atoms with Crippen LogP contribution in [-0.2, 0) is 9.53 Å². The average Bonchev–Trinajstić information content (AvgIpc) is 3.25. The van der Waals surface area contributed by atoms with Crippen molar-refractivity contribution in [3.63, 3.8) is 0 Å². The maximum Gasteiger partial charge on any atom is 0.270 e. The number of nitrogens with zero attached hydrogens (tertiary/aromatic N) is 2. The van der Waals surface area contributed by atoms with Crippen LogP contribution in [0.25, 0.3) is 10.9 Å². The highest BCUT2D eigenvalue weighted by Gasteiger charge is 2.49. The number of hydrogen-bond donors (Lipinski definition) is 1. The number of benzene rings is 1. The van der Waals surface area contributed by atoms with Crippen molar-refractivity contribution in [3.8, 4) is 0 Å². The minimum absolute atomic E-state index is 0.0609. The number of hydrogen-bond acceptors (Lipinski definition) is 3.